The van der Waals surface area contributed by atoms with Gasteiger partial charge in [-0.05, 0) is 37.0 Å². The Morgan fingerprint density at radius 2 is 2.04 bits per heavy atom. The van der Waals surface area contributed by atoms with Gasteiger partial charge in [0.05, 0.1) is 12.1 Å². The third-order valence-electron chi connectivity index (χ3n) is 5.50. The van der Waals surface area contributed by atoms with Crippen LogP contribution in [0.25, 0.3) is 0 Å². The lowest BCUT2D eigenvalue weighted by atomic mass is 9.95. The molecule has 4 rings (SSSR count). The van der Waals surface area contributed by atoms with Crippen LogP contribution in [0.1, 0.15) is 53.3 Å². The molecular formula is C19H26ClN5O2. The van der Waals surface area contributed by atoms with E-state index in [2.05, 4.69) is 20.1 Å². The van der Waals surface area contributed by atoms with Crippen molar-refractivity contribution >= 4 is 18.3 Å². The van der Waals surface area contributed by atoms with Gasteiger partial charge in [0.2, 0.25) is 0 Å². The largest absolute Gasteiger partial charge is 0.507 e. The first-order chi connectivity index (χ1) is 12.7. The molecule has 2 aromatic rings. The number of amides is 1. The maximum Gasteiger partial charge on any atom is 0.257 e. The zero-order valence-corrected chi connectivity index (χ0v) is 16.3. The first-order valence-corrected chi connectivity index (χ1v) is 9.41. The second-order valence-electron chi connectivity index (χ2n) is 7.07. The Hall–Kier alpha value is -2.12. The van der Waals surface area contributed by atoms with Crippen LogP contribution in [0, 0.1) is 0 Å². The predicted octanol–water partition coefficient (Wildman–Crippen LogP) is 2.09. The van der Waals surface area contributed by atoms with Gasteiger partial charge in [-0.25, -0.2) is 0 Å². The number of aromatic hydroxyl groups is 1. The molecule has 2 aliphatic rings. The van der Waals surface area contributed by atoms with Crippen molar-refractivity contribution in [3.8, 4) is 5.75 Å². The first-order valence-electron chi connectivity index (χ1n) is 9.41. The van der Waals surface area contributed by atoms with Gasteiger partial charge < -0.3 is 19.9 Å². The Kier molecular flexibility index (Phi) is 6.01. The fourth-order valence-corrected chi connectivity index (χ4v) is 3.90. The molecule has 1 saturated heterocycles. The van der Waals surface area contributed by atoms with Gasteiger partial charge in [-0.15, -0.1) is 22.6 Å². The summed E-state index contributed by atoms with van der Waals surface area (Å²) in [5.41, 5.74) is 1.47. The molecule has 0 unspecified atom stereocenters. The summed E-state index contributed by atoms with van der Waals surface area (Å²) >= 11 is 0. The van der Waals surface area contributed by atoms with E-state index in [1.54, 1.807) is 6.07 Å². The molecule has 1 fully saturated rings. The van der Waals surface area contributed by atoms with Crippen molar-refractivity contribution in [1.29, 1.82) is 0 Å². The number of aromatic nitrogens is 3. The summed E-state index contributed by atoms with van der Waals surface area (Å²) in [6.07, 6.45) is 2.60. The number of hydrogen-bond donors (Lipinski definition) is 2. The third kappa shape index (κ3) is 3.80. The van der Waals surface area contributed by atoms with E-state index in [-0.39, 0.29) is 24.1 Å². The van der Waals surface area contributed by atoms with E-state index >= 15 is 0 Å². The van der Waals surface area contributed by atoms with Gasteiger partial charge in [-0.2, -0.15) is 0 Å². The van der Waals surface area contributed by atoms with Crippen molar-refractivity contribution in [3.63, 3.8) is 0 Å². The molecule has 2 aliphatic heterocycles. The quantitative estimate of drug-likeness (QED) is 0.837. The maximum absolute atomic E-state index is 12.8. The van der Waals surface area contributed by atoms with Gasteiger partial charge in [0, 0.05) is 32.1 Å². The number of carbonyl (C=O) groups is 1. The van der Waals surface area contributed by atoms with Crippen LogP contribution >= 0.6 is 12.4 Å². The van der Waals surface area contributed by atoms with Crippen LogP contribution in [0.5, 0.6) is 5.75 Å². The summed E-state index contributed by atoms with van der Waals surface area (Å²) < 4.78 is 2.23. The minimum atomic E-state index is -0.0799. The monoisotopic (exact) mass is 391 g/mol. The Labute approximate surface area is 165 Å². The number of phenolic OH excluding ortho intramolecular Hbond substituents is 1. The number of nitrogens with one attached hydrogen (secondary N) is 1. The summed E-state index contributed by atoms with van der Waals surface area (Å²) in [6, 6.07) is 5.29. The van der Waals surface area contributed by atoms with Gasteiger partial charge in [-0.3, -0.25) is 4.79 Å². The number of aryl methyl sites for hydroxylation is 1. The number of rotatable bonds is 3. The smallest absolute Gasteiger partial charge is 0.257 e. The van der Waals surface area contributed by atoms with Crippen LogP contribution in [0.2, 0.25) is 0 Å². The molecule has 0 radical (unpaired) electrons. The van der Waals surface area contributed by atoms with Crippen molar-refractivity contribution in [3.05, 3.63) is 41.0 Å². The third-order valence-corrected chi connectivity index (χ3v) is 5.50. The zero-order chi connectivity index (χ0) is 18.1. The highest BCUT2D eigenvalue weighted by Gasteiger charge is 2.29. The molecule has 0 bridgehead atoms. The van der Waals surface area contributed by atoms with E-state index in [1.807, 2.05) is 24.0 Å². The first kappa shape index (κ1) is 19.6. The molecule has 1 amide bonds. The Morgan fingerprint density at radius 3 is 2.78 bits per heavy atom. The number of likely N-dealkylation sites (tertiary alicyclic amines) is 1. The summed E-state index contributed by atoms with van der Waals surface area (Å²) in [5.74, 6) is 2.39. The number of hydrogen-bond acceptors (Lipinski definition) is 5. The van der Waals surface area contributed by atoms with Crippen molar-refractivity contribution in [2.24, 2.45) is 0 Å². The van der Waals surface area contributed by atoms with Gasteiger partial charge in [0.1, 0.15) is 17.4 Å². The van der Waals surface area contributed by atoms with Crippen molar-refractivity contribution < 1.29 is 9.90 Å². The van der Waals surface area contributed by atoms with Gasteiger partial charge in [0.25, 0.3) is 5.91 Å². The zero-order valence-electron chi connectivity index (χ0n) is 15.5. The van der Waals surface area contributed by atoms with E-state index in [9.17, 15) is 9.90 Å². The van der Waals surface area contributed by atoms with E-state index in [0.29, 0.717) is 24.6 Å². The Morgan fingerprint density at radius 1 is 1.26 bits per heavy atom. The minimum Gasteiger partial charge on any atom is -0.507 e. The SMILES string of the molecule is CCc1ccc(O)c(C(=O)N2CCC(c3nnc4n3CCNC4)CC2)c1.Cl. The van der Waals surface area contributed by atoms with Crippen LogP contribution < -0.4 is 5.32 Å². The number of nitrogens with zero attached hydrogens (tertiary/aromatic N) is 4. The fourth-order valence-electron chi connectivity index (χ4n) is 3.90. The van der Waals surface area contributed by atoms with E-state index in [1.165, 1.54) is 0 Å². The molecule has 0 atom stereocenters. The van der Waals surface area contributed by atoms with Gasteiger partial charge in [0.15, 0.2) is 0 Å². The van der Waals surface area contributed by atoms with Crippen LogP contribution in [0.4, 0.5) is 0 Å². The average molecular weight is 392 g/mol. The van der Waals surface area contributed by atoms with Crippen LogP contribution in [0.3, 0.4) is 0 Å². The summed E-state index contributed by atoms with van der Waals surface area (Å²) in [7, 11) is 0. The topological polar surface area (TPSA) is 83.3 Å². The van der Waals surface area contributed by atoms with Gasteiger partial charge in [-0.1, -0.05) is 13.0 Å². The van der Waals surface area contributed by atoms with Crippen molar-refractivity contribution in [1.82, 2.24) is 25.0 Å². The molecule has 1 aromatic heterocycles. The molecular weight excluding hydrogens is 366 g/mol. The molecule has 146 valence electrons. The number of benzene rings is 1. The molecule has 27 heavy (non-hydrogen) atoms. The Balaban J connectivity index is 0.00000210. The van der Waals surface area contributed by atoms with Crippen molar-refractivity contribution in [2.45, 2.75) is 45.2 Å². The molecule has 1 aromatic carbocycles. The van der Waals surface area contributed by atoms with Crippen LogP contribution in [0.15, 0.2) is 18.2 Å². The highest BCUT2D eigenvalue weighted by molar-refractivity contribution is 5.97. The number of piperidine rings is 1. The van der Waals surface area contributed by atoms with Crippen molar-refractivity contribution in [2.75, 3.05) is 19.6 Å². The molecule has 7 nitrogen and oxygen atoms in total. The predicted molar refractivity (Wildman–Crippen MR) is 104 cm³/mol. The second kappa shape index (κ2) is 8.27. The number of phenols is 1. The lowest BCUT2D eigenvalue weighted by Gasteiger charge is -2.32. The fraction of sp³-hybridized carbons (Fsp3) is 0.526. The summed E-state index contributed by atoms with van der Waals surface area (Å²) in [6.45, 7) is 6.04. The highest BCUT2D eigenvalue weighted by atomic mass is 35.5. The highest BCUT2D eigenvalue weighted by Crippen LogP contribution is 2.30. The maximum atomic E-state index is 12.8. The van der Waals surface area contributed by atoms with E-state index in [4.69, 9.17) is 0 Å². The second-order valence-corrected chi connectivity index (χ2v) is 7.07. The lowest BCUT2D eigenvalue weighted by Crippen LogP contribution is -2.39. The molecule has 2 N–H and O–H groups in total. The van der Waals surface area contributed by atoms with E-state index in [0.717, 1.165) is 56.1 Å². The standard InChI is InChI=1S/C19H25N5O2.ClH/c1-2-13-3-4-16(25)15(11-13)19(26)23-8-5-14(6-9-23)18-22-21-17-12-20-7-10-24(17)18;/h3-4,11,14,20,25H,2,5-10,12H2,1H3;1H. The molecule has 0 aliphatic carbocycles. The Bertz CT molecular complexity index is 814. The lowest BCUT2D eigenvalue weighted by molar-refractivity contribution is 0.0707. The normalized spacial score (nSPS) is 17.3. The number of fused-ring (bicyclic) bond motifs is 1. The van der Waals surface area contributed by atoms with Crippen LogP contribution in [-0.2, 0) is 19.5 Å². The molecule has 8 heteroatoms. The molecule has 3 heterocycles. The summed E-state index contributed by atoms with van der Waals surface area (Å²) in [5, 5.41) is 22.1. The average Bonchev–Trinajstić information content (AvgIpc) is 3.12. The van der Waals surface area contributed by atoms with Gasteiger partial charge >= 0.3 is 0 Å². The number of halogens is 1. The van der Waals surface area contributed by atoms with E-state index < -0.39 is 0 Å². The summed E-state index contributed by atoms with van der Waals surface area (Å²) in [4.78, 5) is 14.7. The minimum absolute atomic E-state index is 0. The molecule has 0 spiro atoms. The molecule has 0 saturated carbocycles. The van der Waals surface area contributed by atoms with Crippen LogP contribution in [-0.4, -0.2) is 50.3 Å². The number of carbonyl (C=O) groups excluding carboxylic acids is 1.